The minimum Gasteiger partial charge on any atom is -0.384 e. The Labute approximate surface area is 115 Å². The van der Waals surface area contributed by atoms with Crippen molar-refractivity contribution in [3.8, 4) is 0 Å². The van der Waals surface area contributed by atoms with Gasteiger partial charge in [-0.05, 0) is 35.3 Å². The second kappa shape index (κ2) is 4.70. The van der Waals surface area contributed by atoms with Crippen LogP contribution in [0.15, 0.2) is 24.3 Å². The predicted octanol–water partition coefficient (Wildman–Crippen LogP) is 4.06. The van der Waals surface area contributed by atoms with Crippen molar-refractivity contribution in [1.82, 2.24) is 0 Å². The van der Waals surface area contributed by atoms with Crippen LogP contribution < -0.4 is 0 Å². The van der Waals surface area contributed by atoms with Gasteiger partial charge in [0.1, 0.15) is 0 Å². The number of thioether (sulfide) groups is 1. The molecule has 1 heterocycles. The van der Waals surface area contributed by atoms with Gasteiger partial charge in [0.2, 0.25) is 0 Å². The molecule has 1 unspecified atom stereocenters. The third kappa shape index (κ3) is 3.26. The fourth-order valence-electron chi connectivity index (χ4n) is 2.54. The molecule has 1 aliphatic heterocycles. The van der Waals surface area contributed by atoms with Crippen LogP contribution in [0.5, 0.6) is 0 Å². The molecule has 1 aromatic rings. The molecule has 1 atom stereocenters. The normalized spacial score (nSPS) is 27.3. The van der Waals surface area contributed by atoms with E-state index in [9.17, 15) is 18.3 Å². The molecule has 0 bridgehead atoms. The minimum atomic E-state index is -4.33. The number of halogens is 3. The van der Waals surface area contributed by atoms with E-state index in [4.69, 9.17) is 0 Å². The van der Waals surface area contributed by atoms with E-state index in [-0.39, 0.29) is 5.41 Å². The van der Waals surface area contributed by atoms with Crippen LogP contribution in [0.4, 0.5) is 13.2 Å². The van der Waals surface area contributed by atoms with Crippen molar-refractivity contribution in [3.05, 3.63) is 35.4 Å². The Kier molecular flexibility index (Phi) is 3.64. The van der Waals surface area contributed by atoms with Crippen LogP contribution in [0.25, 0.3) is 0 Å². The van der Waals surface area contributed by atoms with Crippen LogP contribution in [0.1, 0.15) is 31.4 Å². The van der Waals surface area contributed by atoms with E-state index in [0.717, 1.165) is 17.9 Å². The summed E-state index contributed by atoms with van der Waals surface area (Å²) in [6.45, 7) is 4.13. The van der Waals surface area contributed by atoms with Gasteiger partial charge in [-0.15, -0.1) is 0 Å². The predicted molar refractivity (Wildman–Crippen MR) is 71.1 cm³/mol. The summed E-state index contributed by atoms with van der Waals surface area (Å²) in [5.74, 6) is 1.48. The number of aliphatic hydroxyl groups is 1. The highest BCUT2D eigenvalue weighted by atomic mass is 32.2. The molecule has 1 saturated heterocycles. The lowest BCUT2D eigenvalue weighted by atomic mass is 9.78. The molecule has 0 spiro atoms. The van der Waals surface area contributed by atoms with Crippen molar-refractivity contribution in [2.45, 2.75) is 32.0 Å². The van der Waals surface area contributed by atoms with Crippen LogP contribution in [0.2, 0.25) is 0 Å². The van der Waals surface area contributed by atoms with E-state index < -0.39 is 17.3 Å². The van der Waals surface area contributed by atoms with Gasteiger partial charge in [-0.3, -0.25) is 0 Å². The Morgan fingerprint density at radius 2 is 1.68 bits per heavy atom. The first-order chi connectivity index (χ1) is 8.62. The van der Waals surface area contributed by atoms with Gasteiger partial charge in [0.05, 0.1) is 11.2 Å². The van der Waals surface area contributed by atoms with E-state index in [1.54, 1.807) is 11.8 Å². The number of hydrogen-bond donors (Lipinski definition) is 1. The van der Waals surface area contributed by atoms with E-state index in [1.165, 1.54) is 12.1 Å². The van der Waals surface area contributed by atoms with E-state index in [0.29, 0.717) is 17.7 Å². The molecular weight excluding hydrogens is 273 g/mol. The van der Waals surface area contributed by atoms with Crippen molar-refractivity contribution in [3.63, 3.8) is 0 Å². The largest absolute Gasteiger partial charge is 0.416 e. The zero-order valence-corrected chi connectivity index (χ0v) is 11.7. The van der Waals surface area contributed by atoms with Crippen LogP contribution in [-0.2, 0) is 11.8 Å². The fraction of sp³-hybridized carbons (Fsp3) is 0.571. The Morgan fingerprint density at radius 1 is 1.11 bits per heavy atom. The lowest BCUT2D eigenvalue weighted by Crippen LogP contribution is -2.40. The second-order valence-electron chi connectivity index (χ2n) is 5.94. The molecule has 0 aromatic heterocycles. The molecule has 0 saturated carbocycles. The highest BCUT2D eigenvalue weighted by molar-refractivity contribution is 7.99. The molecule has 1 N–H and O–H groups in total. The Balaban J connectivity index is 2.26. The van der Waals surface area contributed by atoms with Gasteiger partial charge in [0.15, 0.2) is 0 Å². The molecular formula is C14H17F3OS. The number of rotatable bonds is 1. The van der Waals surface area contributed by atoms with Gasteiger partial charge < -0.3 is 5.11 Å². The van der Waals surface area contributed by atoms with Crippen molar-refractivity contribution in [2.75, 3.05) is 11.5 Å². The van der Waals surface area contributed by atoms with Gasteiger partial charge in [0, 0.05) is 5.75 Å². The van der Waals surface area contributed by atoms with Gasteiger partial charge in [-0.25, -0.2) is 0 Å². The summed E-state index contributed by atoms with van der Waals surface area (Å²) >= 11 is 1.64. The molecule has 5 heteroatoms. The first-order valence-corrected chi connectivity index (χ1v) is 7.26. The van der Waals surface area contributed by atoms with Crippen molar-refractivity contribution < 1.29 is 18.3 Å². The number of hydrogen-bond acceptors (Lipinski definition) is 2. The highest BCUT2D eigenvalue weighted by Crippen LogP contribution is 2.44. The molecule has 19 heavy (non-hydrogen) atoms. The zero-order valence-electron chi connectivity index (χ0n) is 10.9. The summed E-state index contributed by atoms with van der Waals surface area (Å²) in [6, 6.07) is 4.87. The standard InChI is InChI=1S/C14H17F3OS/c1-12(2)7-13(18,9-19-8-12)10-3-5-11(6-4-10)14(15,16)17/h3-6,18H,7-9H2,1-2H3. The molecule has 1 aromatic carbocycles. The lowest BCUT2D eigenvalue weighted by molar-refractivity contribution is -0.137. The Morgan fingerprint density at radius 3 is 2.16 bits per heavy atom. The maximum atomic E-state index is 12.5. The van der Waals surface area contributed by atoms with Crippen LogP contribution in [0, 0.1) is 5.41 Å². The molecule has 1 nitrogen and oxygen atoms in total. The molecule has 0 aliphatic carbocycles. The minimum absolute atomic E-state index is 0.0135. The van der Waals surface area contributed by atoms with Gasteiger partial charge in [0.25, 0.3) is 0 Å². The summed E-state index contributed by atoms with van der Waals surface area (Å²) < 4.78 is 37.5. The third-order valence-electron chi connectivity index (χ3n) is 3.35. The number of alkyl halides is 3. The monoisotopic (exact) mass is 290 g/mol. The van der Waals surface area contributed by atoms with Gasteiger partial charge >= 0.3 is 6.18 Å². The summed E-state index contributed by atoms with van der Waals surface area (Å²) in [5, 5.41) is 10.7. The lowest BCUT2D eigenvalue weighted by Gasteiger charge is -2.41. The Hall–Kier alpha value is -0.680. The third-order valence-corrected chi connectivity index (χ3v) is 5.02. The molecule has 1 aliphatic rings. The van der Waals surface area contributed by atoms with E-state index in [1.807, 2.05) is 0 Å². The quantitative estimate of drug-likeness (QED) is 0.842. The fourth-order valence-corrected chi connectivity index (χ4v) is 3.91. The summed E-state index contributed by atoms with van der Waals surface area (Å²) in [4.78, 5) is 0. The Bertz CT molecular complexity index is 453. The highest BCUT2D eigenvalue weighted by Gasteiger charge is 2.40. The smallest absolute Gasteiger partial charge is 0.384 e. The summed E-state index contributed by atoms with van der Waals surface area (Å²) in [7, 11) is 0. The van der Waals surface area contributed by atoms with Gasteiger partial charge in [-0.1, -0.05) is 26.0 Å². The maximum Gasteiger partial charge on any atom is 0.416 e. The van der Waals surface area contributed by atoms with E-state index in [2.05, 4.69) is 13.8 Å². The zero-order chi connectivity index (χ0) is 14.3. The molecule has 0 amide bonds. The van der Waals surface area contributed by atoms with E-state index >= 15 is 0 Å². The first-order valence-electron chi connectivity index (χ1n) is 6.10. The summed E-state index contributed by atoms with van der Waals surface area (Å²) in [5.41, 5.74) is -1.15. The summed E-state index contributed by atoms with van der Waals surface area (Å²) in [6.07, 6.45) is -3.76. The maximum absolute atomic E-state index is 12.5. The molecule has 2 rings (SSSR count). The first kappa shape index (κ1) is 14.7. The topological polar surface area (TPSA) is 20.2 Å². The second-order valence-corrected chi connectivity index (χ2v) is 6.93. The SMILES string of the molecule is CC1(C)CSCC(O)(c2ccc(C(F)(F)F)cc2)C1. The van der Waals surface area contributed by atoms with Gasteiger partial charge in [-0.2, -0.15) is 24.9 Å². The molecule has 106 valence electrons. The van der Waals surface area contributed by atoms with Crippen LogP contribution in [0.3, 0.4) is 0 Å². The average Bonchev–Trinajstić information content (AvgIpc) is 2.26. The van der Waals surface area contributed by atoms with Crippen molar-refractivity contribution in [2.24, 2.45) is 5.41 Å². The molecule has 1 fully saturated rings. The number of benzene rings is 1. The van der Waals surface area contributed by atoms with Crippen molar-refractivity contribution >= 4 is 11.8 Å². The van der Waals surface area contributed by atoms with Crippen molar-refractivity contribution in [1.29, 1.82) is 0 Å². The van der Waals surface area contributed by atoms with Crippen LogP contribution in [-0.4, -0.2) is 16.6 Å². The average molecular weight is 290 g/mol. The van der Waals surface area contributed by atoms with Crippen LogP contribution >= 0.6 is 11.8 Å². The molecule has 0 radical (unpaired) electrons.